The van der Waals surface area contributed by atoms with Crippen LogP contribution in [0.1, 0.15) is 13.3 Å². The molecule has 6 nitrogen and oxygen atoms in total. The lowest BCUT2D eigenvalue weighted by Crippen LogP contribution is -2.31. The zero-order valence-corrected chi connectivity index (χ0v) is 11.0. The molecular weight excluding hydrogens is 250 g/mol. The van der Waals surface area contributed by atoms with Gasteiger partial charge in [0.1, 0.15) is 11.5 Å². The van der Waals surface area contributed by atoms with Crippen LogP contribution in [0.4, 0.5) is 4.79 Å². The Morgan fingerprint density at radius 1 is 1.32 bits per heavy atom. The van der Waals surface area contributed by atoms with Gasteiger partial charge in [-0.2, -0.15) is 0 Å². The van der Waals surface area contributed by atoms with E-state index in [0.29, 0.717) is 18.1 Å². The van der Waals surface area contributed by atoms with E-state index in [1.54, 1.807) is 24.3 Å². The summed E-state index contributed by atoms with van der Waals surface area (Å²) >= 11 is 0. The lowest BCUT2D eigenvalue weighted by Gasteiger charge is -2.15. The second-order valence-corrected chi connectivity index (χ2v) is 3.84. The van der Waals surface area contributed by atoms with E-state index in [1.165, 1.54) is 11.9 Å². The second kappa shape index (κ2) is 7.25. The maximum absolute atomic E-state index is 11.7. The Kier molecular flexibility index (Phi) is 5.66. The fourth-order valence-electron chi connectivity index (χ4n) is 1.33. The van der Waals surface area contributed by atoms with E-state index in [0.717, 1.165) is 0 Å². The first-order valence-electron chi connectivity index (χ1n) is 5.90. The molecule has 0 bridgehead atoms. The highest BCUT2D eigenvalue weighted by Crippen LogP contribution is 2.19. The first kappa shape index (κ1) is 14.8. The van der Waals surface area contributed by atoms with Crippen molar-refractivity contribution in [1.82, 2.24) is 4.90 Å². The van der Waals surface area contributed by atoms with Crippen molar-refractivity contribution in [3.05, 3.63) is 24.3 Å². The number of hydrogen-bond acceptors (Lipinski definition) is 4. The van der Waals surface area contributed by atoms with Crippen molar-refractivity contribution in [2.24, 2.45) is 0 Å². The molecular formula is C13H17NO5. The normalized spacial score (nSPS) is 9.79. The third-order valence-corrected chi connectivity index (χ3v) is 2.29. The molecule has 19 heavy (non-hydrogen) atoms. The molecule has 0 saturated heterocycles. The van der Waals surface area contributed by atoms with Crippen LogP contribution in [0.3, 0.4) is 0 Å². The number of benzene rings is 1. The molecule has 0 atom stereocenters. The number of carboxylic acid groups (broad SMARTS) is 1. The molecule has 0 aliphatic carbocycles. The molecule has 0 heterocycles. The van der Waals surface area contributed by atoms with Crippen LogP contribution in [-0.4, -0.2) is 42.3 Å². The summed E-state index contributed by atoms with van der Waals surface area (Å²) in [6, 6.07) is 6.71. The molecule has 1 aromatic carbocycles. The number of aliphatic carboxylic acids is 1. The van der Waals surface area contributed by atoms with E-state index in [2.05, 4.69) is 0 Å². The molecule has 0 radical (unpaired) electrons. The molecule has 0 aromatic heterocycles. The Morgan fingerprint density at radius 2 is 2.00 bits per heavy atom. The van der Waals surface area contributed by atoms with Crippen molar-refractivity contribution in [1.29, 1.82) is 0 Å². The maximum atomic E-state index is 11.7. The van der Waals surface area contributed by atoms with Gasteiger partial charge < -0.3 is 19.5 Å². The summed E-state index contributed by atoms with van der Waals surface area (Å²) in [4.78, 5) is 23.3. The van der Waals surface area contributed by atoms with Crippen molar-refractivity contribution in [2.45, 2.75) is 13.3 Å². The number of carbonyl (C=O) groups excluding carboxylic acids is 1. The topological polar surface area (TPSA) is 76.1 Å². The number of amides is 1. The molecule has 6 heteroatoms. The standard InChI is InChI=1S/C13H17NO5/c1-3-18-10-5-4-6-11(9-10)19-13(17)14(2)8-7-12(15)16/h4-6,9H,3,7-8H2,1-2H3,(H,15,16). The predicted molar refractivity (Wildman–Crippen MR) is 68.5 cm³/mol. The molecule has 0 fully saturated rings. The third kappa shape index (κ3) is 5.29. The zero-order valence-electron chi connectivity index (χ0n) is 11.0. The highest BCUT2D eigenvalue weighted by Gasteiger charge is 2.12. The largest absolute Gasteiger partial charge is 0.494 e. The van der Waals surface area contributed by atoms with Crippen LogP contribution in [0.5, 0.6) is 11.5 Å². The van der Waals surface area contributed by atoms with E-state index < -0.39 is 12.1 Å². The molecule has 0 aliphatic heterocycles. The summed E-state index contributed by atoms with van der Waals surface area (Å²) in [5.74, 6) is 0.0112. The van der Waals surface area contributed by atoms with Crippen molar-refractivity contribution in [2.75, 3.05) is 20.2 Å². The number of carbonyl (C=O) groups is 2. The summed E-state index contributed by atoms with van der Waals surface area (Å²) < 4.78 is 10.4. The molecule has 1 rings (SSSR count). The Hall–Kier alpha value is -2.24. The average molecular weight is 267 g/mol. The Bertz CT molecular complexity index is 446. The van der Waals surface area contributed by atoms with Crippen LogP contribution in [-0.2, 0) is 4.79 Å². The monoisotopic (exact) mass is 267 g/mol. The van der Waals surface area contributed by atoms with Gasteiger partial charge in [-0.15, -0.1) is 0 Å². The summed E-state index contributed by atoms with van der Waals surface area (Å²) in [7, 11) is 1.48. The SMILES string of the molecule is CCOc1cccc(OC(=O)N(C)CCC(=O)O)c1. The van der Waals surface area contributed by atoms with Crippen molar-refractivity contribution in [3.8, 4) is 11.5 Å². The summed E-state index contributed by atoms with van der Waals surface area (Å²) in [5.41, 5.74) is 0. The summed E-state index contributed by atoms with van der Waals surface area (Å²) in [6.45, 7) is 2.48. The minimum absolute atomic E-state index is 0.0965. The molecule has 1 aromatic rings. The molecule has 1 N–H and O–H groups in total. The molecule has 104 valence electrons. The van der Waals surface area contributed by atoms with Crippen LogP contribution < -0.4 is 9.47 Å². The van der Waals surface area contributed by atoms with Crippen molar-refractivity contribution < 1.29 is 24.2 Å². The van der Waals surface area contributed by atoms with Crippen LogP contribution in [0.2, 0.25) is 0 Å². The lowest BCUT2D eigenvalue weighted by atomic mass is 10.3. The quantitative estimate of drug-likeness (QED) is 0.853. The maximum Gasteiger partial charge on any atom is 0.414 e. The number of rotatable bonds is 6. The smallest absolute Gasteiger partial charge is 0.414 e. The van der Waals surface area contributed by atoms with Gasteiger partial charge in [0.25, 0.3) is 0 Å². The Morgan fingerprint density at radius 3 is 2.63 bits per heavy atom. The van der Waals surface area contributed by atoms with Gasteiger partial charge in [-0.3, -0.25) is 4.79 Å². The summed E-state index contributed by atoms with van der Waals surface area (Å²) in [6.07, 6.45) is -0.722. The van der Waals surface area contributed by atoms with Gasteiger partial charge in [-0.25, -0.2) is 4.79 Å². The van der Waals surface area contributed by atoms with E-state index >= 15 is 0 Å². The first-order valence-corrected chi connectivity index (χ1v) is 5.90. The highest BCUT2D eigenvalue weighted by molar-refractivity contribution is 5.72. The fraction of sp³-hybridized carbons (Fsp3) is 0.385. The van der Waals surface area contributed by atoms with Crippen molar-refractivity contribution in [3.63, 3.8) is 0 Å². The predicted octanol–water partition coefficient (Wildman–Crippen LogP) is 1.99. The summed E-state index contributed by atoms with van der Waals surface area (Å²) in [5, 5.41) is 8.53. The minimum Gasteiger partial charge on any atom is -0.494 e. The zero-order chi connectivity index (χ0) is 14.3. The minimum atomic E-state index is -0.960. The number of carboxylic acids is 1. The molecule has 1 amide bonds. The Balaban J connectivity index is 2.55. The van der Waals surface area contributed by atoms with Gasteiger partial charge in [0.2, 0.25) is 0 Å². The van der Waals surface area contributed by atoms with Crippen LogP contribution >= 0.6 is 0 Å². The van der Waals surface area contributed by atoms with Gasteiger partial charge in [0.05, 0.1) is 13.0 Å². The molecule has 0 unspecified atom stereocenters. The van der Waals surface area contributed by atoms with Gasteiger partial charge >= 0.3 is 12.1 Å². The van der Waals surface area contributed by atoms with Gasteiger partial charge in [0, 0.05) is 19.7 Å². The van der Waals surface area contributed by atoms with Crippen LogP contribution in [0, 0.1) is 0 Å². The van der Waals surface area contributed by atoms with Gasteiger partial charge in [0.15, 0.2) is 0 Å². The first-order chi connectivity index (χ1) is 9.02. The Labute approximate surface area is 111 Å². The third-order valence-electron chi connectivity index (χ3n) is 2.29. The molecule has 0 aliphatic rings. The van der Waals surface area contributed by atoms with Gasteiger partial charge in [-0.05, 0) is 19.1 Å². The van der Waals surface area contributed by atoms with E-state index in [-0.39, 0.29) is 13.0 Å². The molecule has 0 saturated carbocycles. The van der Waals surface area contributed by atoms with Crippen LogP contribution in [0.25, 0.3) is 0 Å². The number of nitrogens with zero attached hydrogens (tertiary/aromatic N) is 1. The van der Waals surface area contributed by atoms with Crippen molar-refractivity contribution >= 4 is 12.1 Å². The van der Waals surface area contributed by atoms with E-state index in [4.69, 9.17) is 14.6 Å². The number of hydrogen-bond donors (Lipinski definition) is 1. The van der Waals surface area contributed by atoms with E-state index in [9.17, 15) is 9.59 Å². The van der Waals surface area contributed by atoms with Gasteiger partial charge in [-0.1, -0.05) is 6.07 Å². The fourth-order valence-corrected chi connectivity index (χ4v) is 1.33. The average Bonchev–Trinajstić information content (AvgIpc) is 2.36. The molecule has 0 spiro atoms. The van der Waals surface area contributed by atoms with E-state index in [1.807, 2.05) is 6.92 Å². The van der Waals surface area contributed by atoms with Crippen LogP contribution in [0.15, 0.2) is 24.3 Å². The lowest BCUT2D eigenvalue weighted by molar-refractivity contribution is -0.137. The number of ether oxygens (including phenoxy) is 2. The second-order valence-electron chi connectivity index (χ2n) is 3.84. The highest BCUT2D eigenvalue weighted by atomic mass is 16.6.